The Kier molecular flexibility index (Phi) is 3.12. The minimum atomic E-state index is 0.594. The van der Waals surface area contributed by atoms with Crippen molar-refractivity contribution in [1.82, 2.24) is 4.90 Å². The molecular weight excluding hydrogens is 224 g/mol. The van der Waals surface area contributed by atoms with E-state index >= 15 is 0 Å². The standard InChI is InChI=1S/C11H17ClN4/c1-15-4-6-16(7-5-15)11-8(12)2-3-9(13)10(11)14/h2-3H,4-7,13-14H2,1H3. The summed E-state index contributed by atoms with van der Waals surface area (Å²) < 4.78 is 0. The van der Waals surface area contributed by atoms with Crippen LogP contribution in [-0.2, 0) is 0 Å². The quantitative estimate of drug-likeness (QED) is 0.726. The van der Waals surface area contributed by atoms with Gasteiger partial charge in [0.05, 0.1) is 22.1 Å². The number of nitrogen functional groups attached to an aromatic ring is 2. The Labute approximate surface area is 101 Å². The molecule has 0 unspecified atom stereocenters. The number of nitrogens with two attached hydrogens (primary N) is 2. The number of benzene rings is 1. The molecule has 1 aromatic carbocycles. The van der Waals surface area contributed by atoms with Crippen LogP contribution in [0.5, 0.6) is 0 Å². The maximum Gasteiger partial charge on any atom is 0.0811 e. The van der Waals surface area contributed by atoms with Crippen LogP contribution in [0, 0.1) is 0 Å². The number of rotatable bonds is 1. The first-order valence-electron chi connectivity index (χ1n) is 5.36. The highest BCUT2D eigenvalue weighted by atomic mass is 35.5. The van der Waals surface area contributed by atoms with Crippen LogP contribution in [0.25, 0.3) is 0 Å². The molecule has 0 saturated carbocycles. The molecule has 0 aliphatic carbocycles. The molecule has 1 saturated heterocycles. The van der Waals surface area contributed by atoms with Gasteiger partial charge in [-0.1, -0.05) is 11.6 Å². The van der Waals surface area contributed by atoms with Crippen LogP contribution >= 0.6 is 11.6 Å². The van der Waals surface area contributed by atoms with Gasteiger partial charge >= 0.3 is 0 Å². The average Bonchev–Trinajstić information content (AvgIpc) is 2.27. The largest absolute Gasteiger partial charge is 0.397 e. The van der Waals surface area contributed by atoms with E-state index in [1.165, 1.54) is 0 Å². The molecule has 0 radical (unpaired) electrons. The average molecular weight is 241 g/mol. The zero-order chi connectivity index (χ0) is 11.7. The van der Waals surface area contributed by atoms with Crippen molar-refractivity contribution in [2.45, 2.75) is 0 Å². The summed E-state index contributed by atoms with van der Waals surface area (Å²) in [5.74, 6) is 0. The summed E-state index contributed by atoms with van der Waals surface area (Å²) in [6.45, 7) is 3.91. The summed E-state index contributed by atoms with van der Waals surface area (Å²) in [7, 11) is 2.11. The van der Waals surface area contributed by atoms with Crippen molar-refractivity contribution in [2.24, 2.45) is 0 Å². The van der Waals surface area contributed by atoms with Gasteiger partial charge in [-0.3, -0.25) is 0 Å². The van der Waals surface area contributed by atoms with E-state index in [2.05, 4.69) is 16.8 Å². The Morgan fingerprint density at radius 3 is 2.38 bits per heavy atom. The van der Waals surface area contributed by atoms with Crippen molar-refractivity contribution in [3.05, 3.63) is 17.2 Å². The maximum atomic E-state index is 6.18. The van der Waals surface area contributed by atoms with Crippen molar-refractivity contribution in [1.29, 1.82) is 0 Å². The number of hydrogen-bond donors (Lipinski definition) is 2. The van der Waals surface area contributed by atoms with Crippen molar-refractivity contribution in [2.75, 3.05) is 49.6 Å². The SMILES string of the molecule is CN1CCN(c2c(Cl)ccc(N)c2N)CC1. The molecule has 1 fully saturated rings. The molecule has 5 heteroatoms. The van der Waals surface area contributed by atoms with Gasteiger partial charge < -0.3 is 21.3 Å². The first kappa shape index (κ1) is 11.4. The number of anilines is 3. The van der Waals surface area contributed by atoms with E-state index in [1.807, 2.05) is 0 Å². The fourth-order valence-electron chi connectivity index (χ4n) is 1.95. The predicted octanol–water partition coefficient (Wildman–Crippen LogP) is 1.26. The van der Waals surface area contributed by atoms with Crippen LogP contribution in [-0.4, -0.2) is 38.1 Å². The van der Waals surface area contributed by atoms with Crippen molar-refractivity contribution >= 4 is 28.7 Å². The molecule has 16 heavy (non-hydrogen) atoms. The van der Waals surface area contributed by atoms with Gasteiger partial charge in [-0.15, -0.1) is 0 Å². The lowest BCUT2D eigenvalue weighted by atomic mass is 10.2. The number of piperazine rings is 1. The van der Waals surface area contributed by atoms with Gasteiger partial charge in [-0.25, -0.2) is 0 Å². The molecule has 0 bridgehead atoms. The van der Waals surface area contributed by atoms with E-state index in [1.54, 1.807) is 12.1 Å². The van der Waals surface area contributed by atoms with E-state index in [0.29, 0.717) is 16.4 Å². The number of halogens is 1. The zero-order valence-corrected chi connectivity index (χ0v) is 10.2. The van der Waals surface area contributed by atoms with Gasteiger partial charge in [0, 0.05) is 26.2 Å². The Morgan fingerprint density at radius 2 is 1.75 bits per heavy atom. The van der Waals surface area contributed by atoms with E-state index in [9.17, 15) is 0 Å². The molecule has 4 nitrogen and oxygen atoms in total. The molecule has 1 aliphatic heterocycles. The molecular formula is C11H17ClN4. The highest BCUT2D eigenvalue weighted by Gasteiger charge is 2.19. The molecule has 2 rings (SSSR count). The first-order valence-corrected chi connectivity index (χ1v) is 5.74. The van der Waals surface area contributed by atoms with Crippen molar-refractivity contribution in [3.63, 3.8) is 0 Å². The zero-order valence-electron chi connectivity index (χ0n) is 9.41. The molecule has 0 atom stereocenters. The van der Waals surface area contributed by atoms with Crippen LogP contribution in [0.1, 0.15) is 0 Å². The third kappa shape index (κ3) is 2.03. The third-order valence-corrected chi connectivity index (χ3v) is 3.33. The van der Waals surface area contributed by atoms with E-state index in [-0.39, 0.29) is 0 Å². The number of hydrogen-bond acceptors (Lipinski definition) is 4. The van der Waals surface area contributed by atoms with Gasteiger partial charge in [0.1, 0.15) is 0 Å². The second-order valence-corrected chi connectivity index (χ2v) is 4.60. The molecule has 1 aromatic rings. The second-order valence-electron chi connectivity index (χ2n) is 4.19. The lowest BCUT2D eigenvalue weighted by molar-refractivity contribution is 0.313. The Hall–Kier alpha value is -1.13. The Bertz CT molecular complexity index is 386. The van der Waals surface area contributed by atoms with E-state index < -0.39 is 0 Å². The second kappa shape index (κ2) is 4.39. The van der Waals surface area contributed by atoms with Gasteiger partial charge in [-0.05, 0) is 19.2 Å². The van der Waals surface area contributed by atoms with Gasteiger partial charge in [0.25, 0.3) is 0 Å². The van der Waals surface area contributed by atoms with Crippen LogP contribution in [0.2, 0.25) is 5.02 Å². The summed E-state index contributed by atoms with van der Waals surface area (Å²) in [6, 6.07) is 3.55. The van der Waals surface area contributed by atoms with Gasteiger partial charge in [0.2, 0.25) is 0 Å². The van der Waals surface area contributed by atoms with Crippen LogP contribution in [0.4, 0.5) is 17.1 Å². The lowest BCUT2D eigenvalue weighted by Gasteiger charge is -2.35. The molecule has 0 amide bonds. The fraction of sp³-hybridized carbons (Fsp3) is 0.455. The summed E-state index contributed by atoms with van der Waals surface area (Å²) >= 11 is 6.18. The molecule has 0 aromatic heterocycles. The van der Waals surface area contributed by atoms with Crippen LogP contribution in [0.3, 0.4) is 0 Å². The predicted molar refractivity (Wildman–Crippen MR) is 70.0 cm³/mol. The number of nitrogens with zero attached hydrogens (tertiary/aromatic N) is 2. The topological polar surface area (TPSA) is 58.5 Å². The van der Waals surface area contributed by atoms with E-state index in [4.69, 9.17) is 23.1 Å². The fourth-order valence-corrected chi connectivity index (χ4v) is 2.23. The summed E-state index contributed by atoms with van der Waals surface area (Å²) in [5.41, 5.74) is 13.9. The van der Waals surface area contributed by atoms with Gasteiger partial charge in [-0.2, -0.15) is 0 Å². The Balaban J connectivity index is 2.29. The smallest absolute Gasteiger partial charge is 0.0811 e. The molecule has 1 aliphatic rings. The first-order chi connectivity index (χ1) is 7.59. The molecule has 1 heterocycles. The minimum absolute atomic E-state index is 0.594. The Morgan fingerprint density at radius 1 is 1.12 bits per heavy atom. The van der Waals surface area contributed by atoms with E-state index in [0.717, 1.165) is 31.9 Å². The molecule has 4 N–H and O–H groups in total. The normalized spacial score (nSPS) is 17.8. The minimum Gasteiger partial charge on any atom is -0.397 e. The molecule has 0 spiro atoms. The summed E-state index contributed by atoms with van der Waals surface area (Å²) in [4.78, 5) is 4.49. The lowest BCUT2D eigenvalue weighted by Crippen LogP contribution is -2.44. The van der Waals surface area contributed by atoms with Crippen molar-refractivity contribution < 1.29 is 0 Å². The number of likely N-dealkylation sites (N-methyl/N-ethyl adjacent to an activating group) is 1. The highest BCUT2D eigenvalue weighted by Crippen LogP contribution is 2.36. The van der Waals surface area contributed by atoms with Crippen LogP contribution < -0.4 is 16.4 Å². The summed E-state index contributed by atoms with van der Waals surface area (Å²) in [5, 5.41) is 0.677. The highest BCUT2D eigenvalue weighted by molar-refractivity contribution is 6.34. The third-order valence-electron chi connectivity index (χ3n) is 3.02. The summed E-state index contributed by atoms with van der Waals surface area (Å²) in [6.07, 6.45) is 0. The monoisotopic (exact) mass is 240 g/mol. The maximum absolute atomic E-state index is 6.18. The van der Waals surface area contributed by atoms with Gasteiger partial charge in [0.15, 0.2) is 0 Å². The van der Waals surface area contributed by atoms with Crippen LogP contribution in [0.15, 0.2) is 12.1 Å². The van der Waals surface area contributed by atoms with Crippen molar-refractivity contribution in [3.8, 4) is 0 Å². The molecule has 88 valence electrons.